The molecule has 0 bridgehead atoms. The van der Waals surface area contributed by atoms with E-state index in [1.165, 1.54) is 32.0 Å². The number of rotatable bonds is 4. The average molecular weight is 362 g/mol. The molecule has 0 aliphatic heterocycles. The van der Waals surface area contributed by atoms with Crippen LogP contribution in [0, 0.1) is 0 Å². The molecular formula is C12H11IO5. The van der Waals surface area contributed by atoms with Gasteiger partial charge in [-0.15, -0.1) is 0 Å². The number of benzene rings is 1. The van der Waals surface area contributed by atoms with Gasteiger partial charge in [-0.1, -0.05) is 22.6 Å². The van der Waals surface area contributed by atoms with Crippen LogP contribution in [0.5, 0.6) is 11.5 Å². The Morgan fingerprint density at radius 2 is 1.61 bits per heavy atom. The molecule has 96 valence electrons. The van der Waals surface area contributed by atoms with Gasteiger partial charge in [0.1, 0.15) is 0 Å². The molecule has 1 aromatic rings. The van der Waals surface area contributed by atoms with Crippen molar-refractivity contribution in [2.75, 3.05) is 4.43 Å². The number of hydrogen-bond acceptors (Lipinski definition) is 5. The number of alkyl halides is 1. The van der Waals surface area contributed by atoms with Crippen molar-refractivity contribution >= 4 is 40.3 Å². The SMILES string of the molecule is CC(=O)Oc1ccc(C(=O)CI)cc1OC(C)=O. The van der Waals surface area contributed by atoms with Gasteiger partial charge in [0.05, 0.1) is 4.43 Å². The standard InChI is InChI=1S/C12H11IO5/c1-7(14)17-11-4-3-9(10(16)6-13)5-12(11)18-8(2)15/h3-5H,6H2,1-2H3. The lowest BCUT2D eigenvalue weighted by atomic mass is 10.1. The molecule has 0 amide bonds. The molecule has 0 unspecified atom stereocenters. The fourth-order valence-electron chi connectivity index (χ4n) is 1.23. The number of Topliss-reactive ketones (excluding diaryl/α,β-unsaturated/α-hetero) is 1. The van der Waals surface area contributed by atoms with E-state index in [1.807, 2.05) is 22.6 Å². The highest BCUT2D eigenvalue weighted by molar-refractivity contribution is 14.1. The first-order valence-corrected chi connectivity index (χ1v) is 6.56. The third-order valence-corrected chi connectivity index (χ3v) is 2.59. The molecule has 0 aromatic heterocycles. The highest BCUT2D eigenvalue weighted by atomic mass is 127. The zero-order chi connectivity index (χ0) is 13.7. The number of ether oxygens (including phenoxy) is 2. The Labute approximate surface area is 118 Å². The number of ketones is 1. The van der Waals surface area contributed by atoms with E-state index in [1.54, 1.807) is 0 Å². The maximum Gasteiger partial charge on any atom is 0.308 e. The first-order chi connectivity index (χ1) is 8.43. The molecule has 0 N–H and O–H groups in total. The second-order valence-electron chi connectivity index (χ2n) is 3.41. The lowest BCUT2D eigenvalue weighted by Crippen LogP contribution is -2.09. The number of halogens is 1. The van der Waals surface area contributed by atoms with Crippen molar-refractivity contribution in [3.63, 3.8) is 0 Å². The van der Waals surface area contributed by atoms with Crippen LogP contribution in [0.4, 0.5) is 0 Å². The summed E-state index contributed by atoms with van der Waals surface area (Å²) in [4.78, 5) is 33.4. The highest BCUT2D eigenvalue weighted by Gasteiger charge is 2.13. The van der Waals surface area contributed by atoms with Crippen molar-refractivity contribution < 1.29 is 23.9 Å². The molecule has 0 aliphatic rings. The Kier molecular flexibility index (Phi) is 5.26. The molecule has 0 radical (unpaired) electrons. The predicted octanol–water partition coefficient (Wildman–Crippen LogP) is 2.15. The maximum absolute atomic E-state index is 11.5. The molecule has 6 heteroatoms. The summed E-state index contributed by atoms with van der Waals surface area (Å²) in [5.41, 5.74) is 0.400. The van der Waals surface area contributed by atoms with Crippen LogP contribution < -0.4 is 9.47 Å². The molecule has 5 nitrogen and oxygen atoms in total. The van der Waals surface area contributed by atoms with Crippen molar-refractivity contribution in [3.05, 3.63) is 23.8 Å². The third-order valence-electron chi connectivity index (χ3n) is 1.89. The summed E-state index contributed by atoms with van der Waals surface area (Å²) >= 11 is 1.94. The summed E-state index contributed by atoms with van der Waals surface area (Å²) in [6.45, 7) is 2.46. The van der Waals surface area contributed by atoms with Gasteiger partial charge in [0, 0.05) is 19.4 Å². The average Bonchev–Trinajstić information content (AvgIpc) is 2.29. The van der Waals surface area contributed by atoms with E-state index in [0.29, 0.717) is 9.99 Å². The molecule has 18 heavy (non-hydrogen) atoms. The van der Waals surface area contributed by atoms with Gasteiger partial charge in [-0.2, -0.15) is 0 Å². The van der Waals surface area contributed by atoms with Crippen molar-refractivity contribution in [2.24, 2.45) is 0 Å². The first kappa shape index (κ1) is 14.6. The van der Waals surface area contributed by atoms with Crippen LogP contribution in [0.15, 0.2) is 18.2 Å². The minimum atomic E-state index is -0.553. The van der Waals surface area contributed by atoms with Crippen LogP contribution in [0.25, 0.3) is 0 Å². The maximum atomic E-state index is 11.5. The summed E-state index contributed by atoms with van der Waals surface area (Å²) in [5.74, 6) is -1.01. The predicted molar refractivity (Wildman–Crippen MR) is 72.3 cm³/mol. The van der Waals surface area contributed by atoms with Crippen LogP contribution >= 0.6 is 22.6 Å². The first-order valence-electron chi connectivity index (χ1n) is 5.04. The second-order valence-corrected chi connectivity index (χ2v) is 4.17. The number of carbonyl (C=O) groups is 3. The zero-order valence-electron chi connectivity index (χ0n) is 9.86. The van der Waals surface area contributed by atoms with Gasteiger partial charge in [-0.3, -0.25) is 14.4 Å². The molecule has 0 aliphatic carbocycles. The van der Waals surface area contributed by atoms with Crippen LogP contribution in [-0.2, 0) is 9.59 Å². The summed E-state index contributed by atoms with van der Waals surface area (Å²) in [6, 6.07) is 4.34. The van der Waals surface area contributed by atoms with E-state index >= 15 is 0 Å². The Balaban J connectivity index is 3.15. The largest absolute Gasteiger partial charge is 0.423 e. The molecule has 0 atom stereocenters. The normalized spacial score (nSPS) is 9.72. The van der Waals surface area contributed by atoms with Gasteiger partial charge in [0.25, 0.3) is 0 Å². The molecule has 1 rings (SSSR count). The van der Waals surface area contributed by atoms with Crippen molar-refractivity contribution in [1.29, 1.82) is 0 Å². The van der Waals surface area contributed by atoms with E-state index in [2.05, 4.69) is 0 Å². The monoisotopic (exact) mass is 362 g/mol. The summed E-state index contributed by atoms with van der Waals surface area (Å²) in [7, 11) is 0. The van der Waals surface area contributed by atoms with Crippen molar-refractivity contribution in [3.8, 4) is 11.5 Å². The van der Waals surface area contributed by atoms with Crippen LogP contribution in [-0.4, -0.2) is 22.1 Å². The molecule has 0 heterocycles. The Bertz CT molecular complexity index is 495. The summed E-state index contributed by atoms with van der Waals surface area (Å²) in [6.07, 6.45) is 0. The van der Waals surface area contributed by atoms with E-state index in [9.17, 15) is 14.4 Å². The van der Waals surface area contributed by atoms with Crippen LogP contribution in [0.3, 0.4) is 0 Å². The number of hydrogen-bond donors (Lipinski definition) is 0. The number of carbonyl (C=O) groups excluding carboxylic acids is 3. The van der Waals surface area contributed by atoms with Crippen molar-refractivity contribution in [1.82, 2.24) is 0 Å². The quantitative estimate of drug-likeness (QED) is 0.270. The summed E-state index contributed by atoms with van der Waals surface area (Å²) in [5, 5.41) is 0. The second kappa shape index (κ2) is 6.48. The molecule has 0 saturated carbocycles. The van der Waals surface area contributed by atoms with Gasteiger partial charge in [-0.25, -0.2) is 0 Å². The van der Waals surface area contributed by atoms with Gasteiger partial charge in [0.2, 0.25) is 0 Å². The highest BCUT2D eigenvalue weighted by Crippen LogP contribution is 2.29. The molecule has 1 aromatic carbocycles. The van der Waals surface area contributed by atoms with Gasteiger partial charge in [0.15, 0.2) is 17.3 Å². The smallest absolute Gasteiger partial charge is 0.308 e. The number of esters is 2. The fourth-order valence-corrected chi connectivity index (χ4v) is 1.67. The van der Waals surface area contributed by atoms with Crippen LogP contribution in [0.2, 0.25) is 0 Å². The lowest BCUT2D eigenvalue weighted by molar-refractivity contribution is -0.134. The third kappa shape index (κ3) is 4.10. The zero-order valence-corrected chi connectivity index (χ0v) is 12.0. The van der Waals surface area contributed by atoms with E-state index < -0.39 is 11.9 Å². The summed E-state index contributed by atoms with van der Waals surface area (Å²) < 4.78 is 10.1. The van der Waals surface area contributed by atoms with Crippen LogP contribution in [0.1, 0.15) is 24.2 Å². The van der Waals surface area contributed by atoms with Gasteiger partial charge >= 0.3 is 11.9 Å². The molecular weight excluding hydrogens is 351 g/mol. The topological polar surface area (TPSA) is 69.7 Å². The van der Waals surface area contributed by atoms with Crippen molar-refractivity contribution in [2.45, 2.75) is 13.8 Å². The van der Waals surface area contributed by atoms with E-state index in [4.69, 9.17) is 9.47 Å². The van der Waals surface area contributed by atoms with Gasteiger partial charge in [-0.05, 0) is 18.2 Å². The minimum Gasteiger partial charge on any atom is -0.423 e. The van der Waals surface area contributed by atoms with Gasteiger partial charge < -0.3 is 9.47 Å². The molecule has 0 spiro atoms. The fraction of sp³-hybridized carbons (Fsp3) is 0.250. The lowest BCUT2D eigenvalue weighted by Gasteiger charge is -2.09. The Morgan fingerprint density at radius 1 is 1.06 bits per heavy atom. The molecule has 0 saturated heterocycles. The minimum absolute atomic E-state index is 0.0633. The molecule has 0 fully saturated rings. The van der Waals surface area contributed by atoms with E-state index in [-0.39, 0.29) is 17.3 Å². The van der Waals surface area contributed by atoms with E-state index in [0.717, 1.165) is 0 Å². The Hall–Kier alpha value is -1.44. The Morgan fingerprint density at radius 3 is 2.11 bits per heavy atom.